The van der Waals surface area contributed by atoms with E-state index in [2.05, 4.69) is 4.99 Å². The SMILES string of the molecule is CN(C)[C@@H](CN=Cc1ccccc1O)c1c(F)cccc1Cl. The summed E-state index contributed by atoms with van der Waals surface area (Å²) in [5.74, 6) is -0.180. The molecule has 0 unspecified atom stereocenters. The quantitative estimate of drug-likeness (QED) is 0.848. The summed E-state index contributed by atoms with van der Waals surface area (Å²) in [4.78, 5) is 6.20. The highest BCUT2D eigenvalue weighted by Gasteiger charge is 2.20. The van der Waals surface area contributed by atoms with Gasteiger partial charge in [0.05, 0.1) is 12.6 Å². The van der Waals surface area contributed by atoms with Crippen molar-refractivity contribution >= 4 is 17.8 Å². The predicted octanol–water partition coefficient (Wildman–Crippen LogP) is 3.91. The number of rotatable bonds is 5. The number of likely N-dealkylation sites (N-methyl/N-ethyl adjacent to an activating group) is 1. The lowest BCUT2D eigenvalue weighted by molar-refractivity contribution is 0.299. The smallest absolute Gasteiger partial charge is 0.129 e. The number of hydrogen-bond acceptors (Lipinski definition) is 3. The van der Waals surface area contributed by atoms with E-state index in [9.17, 15) is 9.50 Å². The van der Waals surface area contributed by atoms with E-state index in [1.54, 1.807) is 36.5 Å². The predicted molar refractivity (Wildman–Crippen MR) is 88.4 cm³/mol. The van der Waals surface area contributed by atoms with Crippen LogP contribution < -0.4 is 0 Å². The Morgan fingerprint density at radius 2 is 1.95 bits per heavy atom. The summed E-state index contributed by atoms with van der Waals surface area (Å²) >= 11 is 6.13. The van der Waals surface area contributed by atoms with Crippen LogP contribution in [-0.2, 0) is 0 Å². The summed E-state index contributed by atoms with van der Waals surface area (Å²) in [6, 6.07) is 11.3. The van der Waals surface area contributed by atoms with E-state index >= 15 is 0 Å². The Bertz CT molecular complexity index is 653. The molecule has 2 aromatic rings. The van der Waals surface area contributed by atoms with Gasteiger partial charge in [0.15, 0.2) is 0 Å². The standard InChI is InChI=1S/C17H18ClFN2O/c1-21(2)15(17-13(18)7-5-8-14(17)19)11-20-10-12-6-3-4-9-16(12)22/h3-10,15,22H,11H2,1-2H3/t15-/m0/s1. The van der Waals surface area contributed by atoms with Gasteiger partial charge in [-0.25, -0.2) is 4.39 Å². The molecule has 0 saturated carbocycles. The molecule has 0 amide bonds. The second kappa shape index (κ2) is 7.38. The van der Waals surface area contributed by atoms with Crippen LogP contribution >= 0.6 is 11.6 Å². The van der Waals surface area contributed by atoms with E-state index in [1.165, 1.54) is 6.07 Å². The summed E-state index contributed by atoms with van der Waals surface area (Å²) in [6.45, 7) is 0.335. The summed E-state index contributed by atoms with van der Waals surface area (Å²) < 4.78 is 14.1. The van der Waals surface area contributed by atoms with Crippen molar-refractivity contribution in [3.63, 3.8) is 0 Å². The molecular formula is C17H18ClFN2O. The number of phenols is 1. The first-order valence-electron chi connectivity index (χ1n) is 6.89. The molecular weight excluding hydrogens is 303 g/mol. The molecule has 3 nitrogen and oxygen atoms in total. The Hall–Kier alpha value is -1.91. The number of nitrogens with zero attached hydrogens (tertiary/aromatic N) is 2. The normalized spacial score (nSPS) is 13.0. The van der Waals surface area contributed by atoms with Crippen LogP contribution in [0.25, 0.3) is 0 Å². The first-order valence-corrected chi connectivity index (χ1v) is 7.26. The molecule has 0 spiro atoms. The number of phenolic OH excluding ortho intramolecular Hbond substituents is 1. The summed E-state index contributed by atoms with van der Waals surface area (Å²) in [6.07, 6.45) is 1.58. The molecule has 0 aliphatic carbocycles. The van der Waals surface area contributed by atoms with E-state index in [0.29, 0.717) is 22.7 Å². The molecule has 2 rings (SSSR count). The molecule has 0 fully saturated rings. The first kappa shape index (κ1) is 16.5. The maximum absolute atomic E-state index is 14.1. The first-order chi connectivity index (χ1) is 10.5. The number of aromatic hydroxyl groups is 1. The van der Waals surface area contributed by atoms with Crippen molar-refractivity contribution in [1.82, 2.24) is 4.90 Å². The number of aliphatic imine (C=N–C) groups is 1. The molecule has 0 aromatic heterocycles. The largest absolute Gasteiger partial charge is 0.507 e. The van der Waals surface area contributed by atoms with Crippen molar-refractivity contribution < 1.29 is 9.50 Å². The minimum atomic E-state index is -0.344. The third kappa shape index (κ3) is 3.84. The van der Waals surface area contributed by atoms with Crippen LogP contribution in [0.5, 0.6) is 5.75 Å². The molecule has 0 radical (unpaired) electrons. The Balaban J connectivity index is 2.22. The second-order valence-corrected chi connectivity index (χ2v) is 5.58. The van der Waals surface area contributed by atoms with Gasteiger partial charge in [0.1, 0.15) is 11.6 Å². The monoisotopic (exact) mass is 320 g/mol. The van der Waals surface area contributed by atoms with E-state index in [0.717, 1.165) is 0 Å². The number of halogens is 2. The van der Waals surface area contributed by atoms with Crippen LogP contribution in [-0.4, -0.2) is 36.9 Å². The fourth-order valence-electron chi connectivity index (χ4n) is 2.19. The summed E-state index contributed by atoms with van der Waals surface area (Å²) in [5.41, 5.74) is 1.06. The van der Waals surface area contributed by atoms with Crippen LogP contribution in [0.3, 0.4) is 0 Å². The molecule has 0 aliphatic heterocycles. The zero-order chi connectivity index (χ0) is 16.1. The number of para-hydroxylation sites is 1. The lowest BCUT2D eigenvalue weighted by atomic mass is 10.1. The van der Waals surface area contributed by atoms with E-state index in [1.807, 2.05) is 25.1 Å². The Morgan fingerprint density at radius 3 is 2.59 bits per heavy atom. The minimum Gasteiger partial charge on any atom is -0.507 e. The highest BCUT2D eigenvalue weighted by Crippen LogP contribution is 2.29. The Morgan fingerprint density at radius 1 is 1.23 bits per heavy atom. The minimum absolute atomic E-state index is 0.163. The topological polar surface area (TPSA) is 35.8 Å². The molecule has 2 aromatic carbocycles. The van der Waals surface area contributed by atoms with Crippen molar-refractivity contribution in [2.75, 3.05) is 20.6 Å². The van der Waals surface area contributed by atoms with Gasteiger partial charge in [-0.15, -0.1) is 0 Å². The van der Waals surface area contributed by atoms with Gasteiger partial charge in [0, 0.05) is 22.4 Å². The van der Waals surface area contributed by atoms with Gasteiger partial charge in [-0.3, -0.25) is 4.99 Å². The van der Waals surface area contributed by atoms with E-state index in [4.69, 9.17) is 11.6 Å². The summed E-state index contributed by atoms with van der Waals surface area (Å²) in [5, 5.41) is 10.1. The molecule has 1 atom stereocenters. The van der Waals surface area contributed by atoms with Gasteiger partial charge in [-0.1, -0.05) is 29.8 Å². The van der Waals surface area contributed by atoms with Gasteiger partial charge in [0.25, 0.3) is 0 Å². The van der Waals surface area contributed by atoms with Gasteiger partial charge in [-0.05, 0) is 38.4 Å². The van der Waals surface area contributed by atoms with Gasteiger partial charge >= 0.3 is 0 Å². The van der Waals surface area contributed by atoms with Crippen LogP contribution in [0.4, 0.5) is 4.39 Å². The van der Waals surface area contributed by atoms with Crippen molar-refractivity contribution in [3.05, 3.63) is 64.4 Å². The van der Waals surface area contributed by atoms with Crippen LogP contribution in [0.1, 0.15) is 17.2 Å². The maximum Gasteiger partial charge on any atom is 0.129 e. The fraction of sp³-hybridized carbons (Fsp3) is 0.235. The van der Waals surface area contributed by atoms with Gasteiger partial charge in [0.2, 0.25) is 0 Å². The molecule has 116 valence electrons. The van der Waals surface area contributed by atoms with Crippen LogP contribution in [0, 0.1) is 5.82 Å². The maximum atomic E-state index is 14.1. The zero-order valence-electron chi connectivity index (χ0n) is 12.5. The number of hydrogen-bond donors (Lipinski definition) is 1. The molecule has 0 bridgehead atoms. The van der Waals surface area contributed by atoms with Crippen molar-refractivity contribution in [3.8, 4) is 5.75 Å². The van der Waals surface area contributed by atoms with E-state index in [-0.39, 0.29) is 17.6 Å². The average molecular weight is 321 g/mol. The lowest BCUT2D eigenvalue weighted by Gasteiger charge is -2.24. The molecule has 0 heterocycles. The van der Waals surface area contributed by atoms with Crippen LogP contribution in [0.15, 0.2) is 47.5 Å². The molecule has 0 saturated heterocycles. The molecule has 1 N–H and O–H groups in total. The lowest BCUT2D eigenvalue weighted by Crippen LogP contribution is -2.24. The molecule has 0 aliphatic rings. The fourth-order valence-corrected chi connectivity index (χ4v) is 2.48. The molecule has 22 heavy (non-hydrogen) atoms. The highest BCUT2D eigenvalue weighted by atomic mass is 35.5. The van der Waals surface area contributed by atoms with E-state index < -0.39 is 0 Å². The third-order valence-electron chi connectivity index (χ3n) is 3.40. The Labute approximate surface area is 134 Å². The molecule has 5 heteroatoms. The van der Waals surface area contributed by atoms with Crippen LogP contribution in [0.2, 0.25) is 5.02 Å². The second-order valence-electron chi connectivity index (χ2n) is 5.17. The summed E-state index contributed by atoms with van der Waals surface area (Å²) in [7, 11) is 3.70. The Kier molecular flexibility index (Phi) is 5.52. The highest BCUT2D eigenvalue weighted by molar-refractivity contribution is 6.31. The third-order valence-corrected chi connectivity index (χ3v) is 3.73. The van der Waals surface area contributed by atoms with Gasteiger partial charge in [-0.2, -0.15) is 0 Å². The van der Waals surface area contributed by atoms with Crippen molar-refractivity contribution in [2.45, 2.75) is 6.04 Å². The van der Waals surface area contributed by atoms with Crippen molar-refractivity contribution in [2.24, 2.45) is 4.99 Å². The van der Waals surface area contributed by atoms with Gasteiger partial charge < -0.3 is 10.0 Å². The van der Waals surface area contributed by atoms with Crippen molar-refractivity contribution in [1.29, 1.82) is 0 Å². The zero-order valence-corrected chi connectivity index (χ0v) is 13.3. The average Bonchev–Trinajstić information content (AvgIpc) is 2.47. The number of benzene rings is 2.